The van der Waals surface area contributed by atoms with E-state index in [2.05, 4.69) is 20.9 Å². The summed E-state index contributed by atoms with van der Waals surface area (Å²) in [6, 6.07) is 13.5. The number of Topliss-reactive ketones (excluding diaryl/α,β-unsaturated/α-hetero) is 1. The Bertz CT molecular complexity index is 1040. The van der Waals surface area contributed by atoms with Crippen molar-refractivity contribution in [1.82, 2.24) is 10.6 Å². The molecule has 2 saturated carbocycles. The molecule has 2 aromatic rings. The highest BCUT2D eigenvalue weighted by Gasteiger charge is 2.28. The number of nitrogens with one attached hydrogen (secondary N) is 3. The zero-order valence-corrected chi connectivity index (χ0v) is 17.6. The fraction of sp³-hybridized carbons (Fsp3) is 0.400. The van der Waals surface area contributed by atoms with Gasteiger partial charge in [0.25, 0.3) is 5.91 Å². The molecule has 2 fully saturated rings. The van der Waals surface area contributed by atoms with Gasteiger partial charge >= 0.3 is 0 Å². The third kappa shape index (κ3) is 4.95. The fourth-order valence-electron chi connectivity index (χ4n) is 3.97. The summed E-state index contributed by atoms with van der Waals surface area (Å²) in [4.78, 5) is 29.5. The minimum atomic E-state index is -0.144. The lowest BCUT2D eigenvalue weighted by Crippen LogP contribution is -2.43. The van der Waals surface area contributed by atoms with Gasteiger partial charge < -0.3 is 10.6 Å². The second-order valence-electron chi connectivity index (χ2n) is 8.82. The van der Waals surface area contributed by atoms with Crippen LogP contribution >= 0.6 is 0 Å². The van der Waals surface area contributed by atoms with Gasteiger partial charge in [-0.15, -0.1) is 0 Å². The zero-order valence-electron chi connectivity index (χ0n) is 17.6. The van der Waals surface area contributed by atoms with E-state index in [0.717, 1.165) is 54.9 Å². The van der Waals surface area contributed by atoms with E-state index in [1.165, 1.54) is 12.8 Å². The minimum absolute atomic E-state index is 0.144. The van der Waals surface area contributed by atoms with Crippen LogP contribution < -0.4 is 16.0 Å². The van der Waals surface area contributed by atoms with Gasteiger partial charge in [-0.3, -0.25) is 19.9 Å². The van der Waals surface area contributed by atoms with Crippen molar-refractivity contribution in [3.8, 4) is 0 Å². The summed E-state index contributed by atoms with van der Waals surface area (Å²) < 4.78 is 0. The lowest BCUT2D eigenvalue weighted by atomic mass is 10.0. The van der Waals surface area contributed by atoms with E-state index < -0.39 is 0 Å². The molecular weight excluding hydrogens is 388 g/mol. The van der Waals surface area contributed by atoms with Crippen LogP contribution in [0.4, 0.5) is 11.4 Å². The number of anilines is 2. The Labute approximate surface area is 182 Å². The number of carbonyl (C=O) groups excluding carboxylic acids is 2. The molecule has 3 N–H and O–H groups in total. The van der Waals surface area contributed by atoms with Crippen molar-refractivity contribution < 1.29 is 9.59 Å². The van der Waals surface area contributed by atoms with Gasteiger partial charge in [-0.2, -0.15) is 0 Å². The Morgan fingerprint density at radius 3 is 2.65 bits per heavy atom. The van der Waals surface area contributed by atoms with E-state index in [0.29, 0.717) is 29.8 Å². The lowest BCUT2D eigenvalue weighted by Gasteiger charge is -2.17. The van der Waals surface area contributed by atoms with Crippen LogP contribution in [0.5, 0.6) is 0 Å². The van der Waals surface area contributed by atoms with Crippen LogP contribution in [0.15, 0.2) is 47.5 Å². The van der Waals surface area contributed by atoms with E-state index in [4.69, 9.17) is 0 Å². The molecule has 6 heteroatoms. The topological polar surface area (TPSA) is 82.6 Å². The maximum Gasteiger partial charge on any atom is 0.257 e. The molecule has 2 aromatic carbocycles. The van der Waals surface area contributed by atoms with Crippen molar-refractivity contribution >= 4 is 29.0 Å². The van der Waals surface area contributed by atoms with E-state index in [-0.39, 0.29) is 11.7 Å². The first-order chi connectivity index (χ1) is 15.2. The molecule has 1 aliphatic heterocycles. The zero-order chi connectivity index (χ0) is 21.2. The second kappa shape index (κ2) is 8.53. The minimum Gasteiger partial charge on any atom is -0.356 e. The molecule has 1 heterocycles. The highest BCUT2D eigenvalue weighted by atomic mass is 16.2. The van der Waals surface area contributed by atoms with E-state index >= 15 is 0 Å². The quantitative estimate of drug-likeness (QED) is 0.586. The van der Waals surface area contributed by atoms with Crippen molar-refractivity contribution in [1.29, 1.82) is 0 Å². The average molecular weight is 417 g/mol. The maximum atomic E-state index is 12.7. The number of guanidine groups is 1. The number of ketones is 1. The Hall–Kier alpha value is -3.15. The number of aliphatic imine (C=N–C) groups is 1. The van der Waals surface area contributed by atoms with Gasteiger partial charge in [0.1, 0.15) is 0 Å². The van der Waals surface area contributed by atoms with Crippen LogP contribution in [0.25, 0.3) is 0 Å². The van der Waals surface area contributed by atoms with Gasteiger partial charge in [0, 0.05) is 42.0 Å². The molecule has 31 heavy (non-hydrogen) atoms. The summed E-state index contributed by atoms with van der Waals surface area (Å²) in [6.45, 7) is 1.57. The van der Waals surface area contributed by atoms with E-state index in [1.807, 2.05) is 42.5 Å². The SMILES string of the molecule is O=C(CC1CC1)c1cccc(Nc2ccc(C(=O)NC3=NCCCN3)cc2C2CC2)c1. The summed E-state index contributed by atoms with van der Waals surface area (Å²) in [5, 5.41) is 9.48. The Balaban J connectivity index is 1.33. The van der Waals surface area contributed by atoms with E-state index in [1.54, 1.807) is 0 Å². The Kier molecular flexibility index (Phi) is 5.45. The number of hydrogen-bond acceptors (Lipinski definition) is 5. The van der Waals surface area contributed by atoms with Crippen molar-refractivity contribution in [2.75, 3.05) is 18.4 Å². The molecule has 0 unspecified atom stereocenters. The first-order valence-corrected chi connectivity index (χ1v) is 11.3. The molecule has 0 aromatic heterocycles. The third-order valence-corrected chi connectivity index (χ3v) is 6.09. The number of hydrogen-bond donors (Lipinski definition) is 3. The van der Waals surface area contributed by atoms with Gasteiger partial charge in [0.05, 0.1) is 0 Å². The van der Waals surface area contributed by atoms with Gasteiger partial charge in [-0.05, 0) is 79.8 Å². The fourth-order valence-corrected chi connectivity index (χ4v) is 3.97. The van der Waals surface area contributed by atoms with Gasteiger partial charge in [-0.25, -0.2) is 0 Å². The van der Waals surface area contributed by atoms with Gasteiger partial charge in [-0.1, -0.05) is 12.1 Å². The van der Waals surface area contributed by atoms with Crippen LogP contribution in [-0.2, 0) is 0 Å². The normalized spacial score (nSPS) is 18.0. The summed E-state index contributed by atoms with van der Waals surface area (Å²) in [5.74, 6) is 1.69. The standard InChI is InChI=1S/C25H28N4O2/c30-23(13-16-5-6-16)18-3-1-4-20(14-18)28-22-10-9-19(15-21(22)17-7-8-17)24(31)29-25-26-11-2-12-27-25/h1,3-4,9-10,14-17,28H,2,5-8,11-13H2,(H2,26,27,29,31). The lowest BCUT2D eigenvalue weighted by molar-refractivity contribution is 0.0967. The first kappa shape index (κ1) is 19.8. The largest absolute Gasteiger partial charge is 0.356 e. The van der Waals surface area contributed by atoms with E-state index in [9.17, 15) is 9.59 Å². The highest BCUT2D eigenvalue weighted by Crippen LogP contribution is 2.44. The summed E-state index contributed by atoms with van der Waals surface area (Å²) in [5.41, 5.74) is 4.46. The molecule has 0 radical (unpaired) electrons. The predicted octanol–water partition coefficient (Wildman–Crippen LogP) is 4.37. The molecule has 2 aliphatic carbocycles. The summed E-state index contributed by atoms with van der Waals surface area (Å²) >= 11 is 0. The molecule has 5 rings (SSSR count). The Morgan fingerprint density at radius 1 is 1.03 bits per heavy atom. The van der Waals surface area contributed by atoms with Crippen LogP contribution in [0.3, 0.4) is 0 Å². The number of amides is 1. The number of nitrogens with zero attached hydrogens (tertiary/aromatic N) is 1. The highest BCUT2D eigenvalue weighted by molar-refractivity contribution is 6.06. The molecule has 0 bridgehead atoms. The number of carbonyl (C=O) groups is 2. The number of benzene rings is 2. The van der Waals surface area contributed by atoms with Crippen molar-refractivity contribution in [3.63, 3.8) is 0 Å². The number of rotatable bonds is 7. The smallest absolute Gasteiger partial charge is 0.257 e. The van der Waals surface area contributed by atoms with Crippen molar-refractivity contribution in [3.05, 3.63) is 59.2 Å². The molecule has 6 nitrogen and oxygen atoms in total. The summed E-state index contributed by atoms with van der Waals surface area (Å²) in [6.07, 6.45) is 6.26. The first-order valence-electron chi connectivity index (χ1n) is 11.3. The summed E-state index contributed by atoms with van der Waals surface area (Å²) in [7, 11) is 0. The van der Waals surface area contributed by atoms with Gasteiger partial charge in [0.15, 0.2) is 11.7 Å². The van der Waals surface area contributed by atoms with Crippen LogP contribution in [0.1, 0.15) is 70.7 Å². The van der Waals surface area contributed by atoms with Crippen LogP contribution in [-0.4, -0.2) is 30.7 Å². The Morgan fingerprint density at radius 2 is 1.90 bits per heavy atom. The van der Waals surface area contributed by atoms with Crippen LogP contribution in [0.2, 0.25) is 0 Å². The molecule has 0 spiro atoms. The monoisotopic (exact) mass is 416 g/mol. The maximum absolute atomic E-state index is 12.7. The van der Waals surface area contributed by atoms with Crippen LogP contribution in [0, 0.1) is 5.92 Å². The predicted molar refractivity (Wildman–Crippen MR) is 122 cm³/mol. The molecular formula is C25H28N4O2. The molecule has 0 saturated heterocycles. The second-order valence-corrected chi connectivity index (χ2v) is 8.82. The van der Waals surface area contributed by atoms with Crippen molar-refractivity contribution in [2.24, 2.45) is 10.9 Å². The van der Waals surface area contributed by atoms with Gasteiger partial charge in [0.2, 0.25) is 0 Å². The molecule has 3 aliphatic rings. The average Bonchev–Trinajstić information content (AvgIpc) is 3.70. The third-order valence-electron chi connectivity index (χ3n) is 6.09. The molecule has 1 amide bonds. The molecule has 160 valence electrons. The van der Waals surface area contributed by atoms with Crippen molar-refractivity contribution in [2.45, 2.75) is 44.4 Å². The molecule has 0 atom stereocenters.